The fourth-order valence-corrected chi connectivity index (χ4v) is 1.89. The number of hydrogen-bond donors (Lipinski definition) is 1. The highest BCUT2D eigenvalue weighted by Gasteiger charge is 2.19. The van der Waals surface area contributed by atoms with Gasteiger partial charge in [0, 0.05) is 5.56 Å². The average molecular weight is 275 g/mol. The summed E-state index contributed by atoms with van der Waals surface area (Å²) in [6, 6.07) is 5.61. The molecule has 0 radical (unpaired) electrons. The maximum absolute atomic E-state index is 11.8. The molecule has 20 heavy (non-hydrogen) atoms. The first kappa shape index (κ1) is 14.0. The van der Waals surface area contributed by atoms with E-state index < -0.39 is 5.97 Å². The van der Waals surface area contributed by atoms with Gasteiger partial charge in [0.25, 0.3) is 0 Å². The van der Waals surface area contributed by atoms with E-state index in [1.54, 1.807) is 6.92 Å². The Labute approximate surface area is 117 Å². The third-order valence-corrected chi connectivity index (χ3v) is 2.76. The van der Waals surface area contributed by atoms with E-state index in [2.05, 4.69) is 15.4 Å². The lowest BCUT2D eigenvalue weighted by molar-refractivity contribution is 0.0520. The molecule has 0 saturated carbocycles. The Morgan fingerprint density at radius 2 is 2.05 bits per heavy atom. The molecular formula is C14H17N3O3. The van der Waals surface area contributed by atoms with Gasteiger partial charge in [-0.2, -0.15) is 10.3 Å². The van der Waals surface area contributed by atoms with E-state index in [4.69, 9.17) is 9.47 Å². The highest BCUT2D eigenvalue weighted by molar-refractivity contribution is 5.93. The van der Waals surface area contributed by atoms with Gasteiger partial charge in [-0.15, -0.1) is 5.10 Å². The molecule has 6 heteroatoms. The smallest absolute Gasteiger partial charge is 0.361 e. The van der Waals surface area contributed by atoms with Gasteiger partial charge in [0.05, 0.1) is 13.2 Å². The number of H-pyrrole nitrogens is 1. The van der Waals surface area contributed by atoms with E-state index in [0.717, 1.165) is 16.9 Å². The molecule has 2 aromatic rings. The van der Waals surface area contributed by atoms with Crippen LogP contribution in [0, 0.1) is 6.92 Å². The molecule has 0 spiro atoms. The molecule has 2 rings (SSSR count). The van der Waals surface area contributed by atoms with Crippen LogP contribution in [-0.4, -0.2) is 34.6 Å². The first-order chi connectivity index (χ1) is 9.67. The predicted molar refractivity (Wildman–Crippen MR) is 73.7 cm³/mol. The quantitative estimate of drug-likeness (QED) is 0.847. The third kappa shape index (κ3) is 2.79. The minimum atomic E-state index is -0.484. The van der Waals surface area contributed by atoms with Crippen molar-refractivity contribution >= 4 is 5.97 Å². The van der Waals surface area contributed by atoms with Crippen LogP contribution in [0.3, 0.4) is 0 Å². The number of nitrogens with one attached hydrogen (secondary N) is 1. The molecule has 0 amide bonds. The lowest BCUT2D eigenvalue weighted by atomic mass is 10.1. The second-order valence-corrected chi connectivity index (χ2v) is 4.15. The Hall–Kier alpha value is -2.37. The number of ether oxygens (including phenoxy) is 2. The lowest BCUT2D eigenvalue weighted by Gasteiger charge is -2.08. The number of rotatable bonds is 5. The maximum atomic E-state index is 11.8. The van der Waals surface area contributed by atoms with E-state index >= 15 is 0 Å². The summed E-state index contributed by atoms with van der Waals surface area (Å²) < 4.78 is 10.4. The number of benzene rings is 1. The molecule has 0 aliphatic heterocycles. The number of aromatic amines is 1. The van der Waals surface area contributed by atoms with Crippen LogP contribution in [0.1, 0.15) is 29.9 Å². The van der Waals surface area contributed by atoms with Gasteiger partial charge in [0.1, 0.15) is 11.4 Å². The molecule has 0 saturated heterocycles. The molecular weight excluding hydrogens is 258 g/mol. The Balaban J connectivity index is 2.35. The van der Waals surface area contributed by atoms with Crippen LogP contribution < -0.4 is 4.74 Å². The van der Waals surface area contributed by atoms with Crippen LogP contribution in [-0.2, 0) is 4.74 Å². The van der Waals surface area contributed by atoms with Gasteiger partial charge < -0.3 is 9.47 Å². The topological polar surface area (TPSA) is 77.1 Å². The standard InChI is InChI=1S/C14H17N3O3/c1-4-19-11-7-6-10(8-9(11)3)12-13(16-17-15-12)14(18)20-5-2/h6-8H,4-5H2,1-3H3,(H,15,16,17). The van der Waals surface area contributed by atoms with Gasteiger partial charge in [0.15, 0.2) is 5.69 Å². The zero-order valence-electron chi connectivity index (χ0n) is 11.8. The largest absolute Gasteiger partial charge is 0.494 e. The first-order valence-electron chi connectivity index (χ1n) is 6.49. The molecule has 1 aromatic carbocycles. The molecule has 0 aliphatic carbocycles. The van der Waals surface area contributed by atoms with Crippen LogP contribution in [0.4, 0.5) is 0 Å². The Morgan fingerprint density at radius 3 is 2.70 bits per heavy atom. The summed E-state index contributed by atoms with van der Waals surface area (Å²) in [6.07, 6.45) is 0. The molecule has 1 aromatic heterocycles. The maximum Gasteiger partial charge on any atom is 0.361 e. The van der Waals surface area contributed by atoms with E-state index in [0.29, 0.717) is 18.9 Å². The number of aryl methyl sites for hydroxylation is 1. The molecule has 6 nitrogen and oxygen atoms in total. The Kier molecular flexibility index (Phi) is 4.34. The summed E-state index contributed by atoms with van der Waals surface area (Å²) in [5.41, 5.74) is 2.44. The van der Waals surface area contributed by atoms with Gasteiger partial charge >= 0.3 is 5.97 Å². The monoisotopic (exact) mass is 275 g/mol. The van der Waals surface area contributed by atoms with E-state index in [-0.39, 0.29) is 5.69 Å². The summed E-state index contributed by atoms with van der Waals surface area (Å²) in [5.74, 6) is 0.334. The van der Waals surface area contributed by atoms with Gasteiger partial charge in [-0.25, -0.2) is 4.79 Å². The molecule has 0 atom stereocenters. The van der Waals surface area contributed by atoms with Crippen molar-refractivity contribution in [1.82, 2.24) is 15.4 Å². The van der Waals surface area contributed by atoms with Crippen molar-refractivity contribution in [2.45, 2.75) is 20.8 Å². The minimum absolute atomic E-state index is 0.190. The van der Waals surface area contributed by atoms with Gasteiger partial charge in [0.2, 0.25) is 0 Å². The van der Waals surface area contributed by atoms with Crippen LogP contribution in [0.15, 0.2) is 18.2 Å². The number of carbonyl (C=O) groups is 1. The van der Waals surface area contributed by atoms with Gasteiger partial charge in [-0.05, 0) is 44.5 Å². The number of nitrogens with zero attached hydrogens (tertiary/aromatic N) is 2. The summed E-state index contributed by atoms with van der Waals surface area (Å²) in [4.78, 5) is 11.8. The second-order valence-electron chi connectivity index (χ2n) is 4.15. The molecule has 106 valence electrons. The van der Waals surface area contributed by atoms with Crippen molar-refractivity contribution in [2.24, 2.45) is 0 Å². The highest BCUT2D eigenvalue weighted by atomic mass is 16.5. The normalized spacial score (nSPS) is 10.3. The summed E-state index contributed by atoms with van der Waals surface area (Å²) in [6.45, 7) is 6.53. The molecule has 1 N–H and O–H groups in total. The number of carbonyl (C=O) groups excluding carboxylic acids is 1. The van der Waals surface area contributed by atoms with Crippen molar-refractivity contribution in [3.63, 3.8) is 0 Å². The Morgan fingerprint density at radius 1 is 1.25 bits per heavy atom. The fraction of sp³-hybridized carbons (Fsp3) is 0.357. The van der Waals surface area contributed by atoms with E-state index in [1.165, 1.54) is 0 Å². The third-order valence-electron chi connectivity index (χ3n) is 2.76. The van der Waals surface area contributed by atoms with E-state index in [1.807, 2.05) is 32.0 Å². The Bertz CT molecular complexity index is 607. The predicted octanol–water partition coefficient (Wildman–Crippen LogP) is 2.36. The zero-order valence-corrected chi connectivity index (χ0v) is 11.8. The van der Waals surface area contributed by atoms with Crippen LogP contribution in [0.25, 0.3) is 11.3 Å². The van der Waals surface area contributed by atoms with Crippen LogP contribution in [0.5, 0.6) is 5.75 Å². The van der Waals surface area contributed by atoms with Crippen molar-refractivity contribution in [3.8, 4) is 17.0 Å². The average Bonchev–Trinajstić information content (AvgIpc) is 2.91. The first-order valence-corrected chi connectivity index (χ1v) is 6.49. The van der Waals surface area contributed by atoms with Crippen molar-refractivity contribution in [2.75, 3.05) is 13.2 Å². The van der Waals surface area contributed by atoms with Crippen LogP contribution >= 0.6 is 0 Å². The van der Waals surface area contributed by atoms with Crippen molar-refractivity contribution < 1.29 is 14.3 Å². The molecule has 0 fully saturated rings. The zero-order chi connectivity index (χ0) is 14.5. The molecule has 0 bridgehead atoms. The molecule has 0 aliphatic rings. The summed E-state index contributed by atoms with van der Waals surface area (Å²) in [5, 5.41) is 10.3. The van der Waals surface area contributed by atoms with Crippen molar-refractivity contribution in [1.29, 1.82) is 0 Å². The van der Waals surface area contributed by atoms with Gasteiger partial charge in [-0.3, -0.25) is 0 Å². The van der Waals surface area contributed by atoms with Crippen molar-refractivity contribution in [3.05, 3.63) is 29.5 Å². The number of aromatic nitrogens is 3. The summed E-state index contributed by atoms with van der Waals surface area (Å²) >= 11 is 0. The summed E-state index contributed by atoms with van der Waals surface area (Å²) in [7, 11) is 0. The number of hydrogen-bond acceptors (Lipinski definition) is 5. The number of esters is 1. The molecule has 1 heterocycles. The molecule has 0 unspecified atom stereocenters. The SMILES string of the molecule is CCOC(=O)c1n[nH]nc1-c1ccc(OCC)c(C)c1. The fourth-order valence-electron chi connectivity index (χ4n) is 1.89. The second kappa shape index (κ2) is 6.18. The minimum Gasteiger partial charge on any atom is -0.494 e. The van der Waals surface area contributed by atoms with Crippen LogP contribution in [0.2, 0.25) is 0 Å². The van der Waals surface area contributed by atoms with E-state index in [9.17, 15) is 4.79 Å². The van der Waals surface area contributed by atoms with Gasteiger partial charge in [-0.1, -0.05) is 0 Å². The highest BCUT2D eigenvalue weighted by Crippen LogP contribution is 2.26. The lowest BCUT2D eigenvalue weighted by Crippen LogP contribution is -2.06.